The molecule has 0 saturated heterocycles. The average molecular weight is 285 g/mol. The lowest BCUT2D eigenvalue weighted by Crippen LogP contribution is -2.13. The third kappa shape index (κ3) is 3.79. The molecule has 1 amide bonds. The summed E-state index contributed by atoms with van der Waals surface area (Å²) in [5.41, 5.74) is 6.60. The summed E-state index contributed by atoms with van der Waals surface area (Å²) in [6, 6.07) is 9.94. The fourth-order valence-electron chi connectivity index (χ4n) is 1.95. The number of hydrogen-bond donors (Lipinski definition) is 3. The second-order valence-electron chi connectivity index (χ2n) is 4.43. The highest BCUT2D eigenvalue weighted by Crippen LogP contribution is 2.11. The van der Waals surface area contributed by atoms with Gasteiger partial charge in [0.25, 0.3) is 0 Å². The van der Waals surface area contributed by atoms with Crippen molar-refractivity contribution in [2.45, 2.75) is 6.42 Å². The van der Waals surface area contributed by atoms with E-state index in [4.69, 9.17) is 10.8 Å². The van der Waals surface area contributed by atoms with Crippen LogP contribution < -0.4 is 11.1 Å². The van der Waals surface area contributed by atoms with E-state index in [-0.39, 0.29) is 5.56 Å². The molecule has 0 aliphatic rings. The van der Waals surface area contributed by atoms with Crippen LogP contribution in [0.1, 0.15) is 26.3 Å². The summed E-state index contributed by atoms with van der Waals surface area (Å²) < 4.78 is 0. The van der Waals surface area contributed by atoms with Crippen LogP contribution in [0.15, 0.2) is 42.6 Å². The predicted molar refractivity (Wildman–Crippen MR) is 78.3 cm³/mol. The number of primary amides is 1. The first kappa shape index (κ1) is 14.5. The highest BCUT2D eigenvalue weighted by molar-refractivity contribution is 5.93. The monoisotopic (exact) mass is 285 g/mol. The summed E-state index contributed by atoms with van der Waals surface area (Å²) in [7, 11) is 0. The molecule has 0 radical (unpaired) electrons. The molecule has 4 N–H and O–H groups in total. The molecule has 0 fully saturated rings. The fourth-order valence-corrected chi connectivity index (χ4v) is 1.95. The molecule has 0 spiro atoms. The zero-order chi connectivity index (χ0) is 15.2. The minimum absolute atomic E-state index is 0.290. The lowest BCUT2D eigenvalue weighted by atomic mass is 10.0. The van der Waals surface area contributed by atoms with E-state index in [1.54, 1.807) is 30.3 Å². The maximum Gasteiger partial charge on any atom is 0.335 e. The standard InChI is InChI=1S/C15H15N3O3/c16-14(19)11-6-8-18-13(9-11)17-7-5-10-3-1-2-4-12(10)15(20)21/h1-4,6,8-9H,5,7H2,(H2,16,19)(H,17,18)(H,20,21). The van der Waals surface area contributed by atoms with Gasteiger partial charge in [0.15, 0.2) is 0 Å². The summed E-state index contributed by atoms with van der Waals surface area (Å²) in [6.07, 6.45) is 2.03. The molecule has 0 saturated carbocycles. The Hall–Kier alpha value is -2.89. The maximum atomic E-state index is 11.1. The summed E-state index contributed by atoms with van der Waals surface area (Å²) in [6.45, 7) is 0.500. The van der Waals surface area contributed by atoms with Crippen LogP contribution in [0.5, 0.6) is 0 Å². The number of nitrogens with one attached hydrogen (secondary N) is 1. The Morgan fingerprint density at radius 2 is 2.00 bits per heavy atom. The number of nitrogens with two attached hydrogens (primary N) is 1. The number of carbonyl (C=O) groups excluding carboxylic acids is 1. The molecule has 0 atom stereocenters. The Balaban J connectivity index is 2.00. The van der Waals surface area contributed by atoms with Crippen molar-refractivity contribution in [3.8, 4) is 0 Å². The Morgan fingerprint density at radius 1 is 1.24 bits per heavy atom. The number of hydrogen-bond acceptors (Lipinski definition) is 4. The molecule has 1 aromatic carbocycles. The van der Waals surface area contributed by atoms with Crippen molar-refractivity contribution in [3.63, 3.8) is 0 Å². The minimum Gasteiger partial charge on any atom is -0.478 e. The van der Waals surface area contributed by atoms with Gasteiger partial charge in [0, 0.05) is 18.3 Å². The maximum absolute atomic E-state index is 11.1. The van der Waals surface area contributed by atoms with Crippen molar-refractivity contribution in [2.75, 3.05) is 11.9 Å². The predicted octanol–water partition coefficient (Wildman–Crippen LogP) is 1.53. The normalized spacial score (nSPS) is 10.1. The second kappa shape index (κ2) is 6.51. The molecular formula is C15H15N3O3. The number of aromatic carboxylic acids is 1. The number of nitrogens with zero attached hydrogens (tertiary/aromatic N) is 1. The third-order valence-corrected chi connectivity index (χ3v) is 2.99. The van der Waals surface area contributed by atoms with E-state index in [1.165, 1.54) is 12.3 Å². The first-order chi connectivity index (χ1) is 10.1. The van der Waals surface area contributed by atoms with Crippen molar-refractivity contribution in [1.82, 2.24) is 4.98 Å². The number of amides is 1. The highest BCUT2D eigenvalue weighted by Gasteiger charge is 2.08. The molecule has 2 aromatic rings. The second-order valence-corrected chi connectivity index (χ2v) is 4.43. The van der Waals surface area contributed by atoms with Gasteiger partial charge in [-0.1, -0.05) is 18.2 Å². The molecule has 0 aliphatic heterocycles. The number of carbonyl (C=O) groups is 2. The topological polar surface area (TPSA) is 105 Å². The Bertz CT molecular complexity index is 671. The smallest absolute Gasteiger partial charge is 0.335 e. The van der Waals surface area contributed by atoms with Crippen molar-refractivity contribution in [3.05, 3.63) is 59.3 Å². The van der Waals surface area contributed by atoms with Crippen LogP contribution in [0.4, 0.5) is 5.82 Å². The van der Waals surface area contributed by atoms with Crippen LogP contribution in [0.3, 0.4) is 0 Å². The Labute approximate surface area is 121 Å². The van der Waals surface area contributed by atoms with Gasteiger partial charge in [0.2, 0.25) is 5.91 Å². The number of pyridine rings is 1. The van der Waals surface area contributed by atoms with Crippen LogP contribution in [0.25, 0.3) is 0 Å². The number of aromatic nitrogens is 1. The van der Waals surface area contributed by atoms with E-state index in [0.717, 1.165) is 5.56 Å². The van der Waals surface area contributed by atoms with Crippen LogP contribution in [-0.2, 0) is 6.42 Å². The Kier molecular flexibility index (Phi) is 4.50. The van der Waals surface area contributed by atoms with Crippen molar-refractivity contribution >= 4 is 17.7 Å². The zero-order valence-electron chi connectivity index (χ0n) is 11.2. The van der Waals surface area contributed by atoms with Gasteiger partial charge >= 0.3 is 5.97 Å². The molecule has 2 rings (SSSR count). The number of carboxylic acids is 1. The highest BCUT2D eigenvalue weighted by atomic mass is 16.4. The molecule has 1 aromatic heterocycles. The Morgan fingerprint density at radius 3 is 2.71 bits per heavy atom. The molecule has 108 valence electrons. The van der Waals surface area contributed by atoms with E-state index in [0.29, 0.717) is 24.3 Å². The first-order valence-electron chi connectivity index (χ1n) is 6.39. The molecule has 21 heavy (non-hydrogen) atoms. The van der Waals surface area contributed by atoms with E-state index < -0.39 is 11.9 Å². The molecule has 0 bridgehead atoms. The minimum atomic E-state index is -0.945. The summed E-state index contributed by atoms with van der Waals surface area (Å²) in [5, 5.41) is 12.1. The molecule has 0 aliphatic carbocycles. The van der Waals surface area contributed by atoms with Crippen LogP contribution in [0, 0.1) is 0 Å². The summed E-state index contributed by atoms with van der Waals surface area (Å²) in [4.78, 5) is 26.2. The molecule has 0 unspecified atom stereocenters. The summed E-state index contributed by atoms with van der Waals surface area (Å²) >= 11 is 0. The van der Waals surface area contributed by atoms with Gasteiger partial charge in [-0.3, -0.25) is 4.79 Å². The molecule has 1 heterocycles. The van der Waals surface area contributed by atoms with Gasteiger partial charge in [0.1, 0.15) is 5.82 Å². The van der Waals surface area contributed by atoms with Crippen molar-refractivity contribution < 1.29 is 14.7 Å². The average Bonchev–Trinajstić information content (AvgIpc) is 2.48. The number of carboxylic acid groups (broad SMARTS) is 1. The number of benzene rings is 1. The van der Waals surface area contributed by atoms with E-state index in [2.05, 4.69) is 10.3 Å². The zero-order valence-corrected chi connectivity index (χ0v) is 11.2. The van der Waals surface area contributed by atoms with Gasteiger partial charge in [-0.15, -0.1) is 0 Å². The van der Waals surface area contributed by atoms with Gasteiger partial charge in [-0.2, -0.15) is 0 Å². The third-order valence-electron chi connectivity index (χ3n) is 2.99. The molecule has 6 heteroatoms. The SMILES string of the molecule is NC(=O)c1ccnc(NCCc2ccccc2C(=O)O)c1. The largest absolute Gasteiger partial charge is 0.478 e. The van der Waals surface area contributed by atoms with Crippen LogP contribution in [-0.4, -0.2) is 28.5 Å². The van der Waals surface area contributed by atoms with E-state index in [1.807, 2.05) is 0 Å². The van der Waals surface area contributed by atoms with Crippen molar-refractivity contribution in [1.29, 1.82) is 0 Å². The lowest BCUT2D eigenvalue weighted by molar-refractivity contribution is 0.0695. The molecule has 6 nitrogen and oxygen atoms in total. The van der Waals surface area contributed by atoms with Gasteiger partial charge < -0.3 is 16.2 Å². The summed E-state index contributed by atoms with van der Waals surface area (Å²) in [5.74, 6) is -0.935. The number of rotatable bonds is 6. The number of anilines is 1. The van der Waals surface area contributed by atoms with E-state index in [9.17, 15) is 9.59 Å². The molecular weight excluding hydrogens is 270 g/mol. The van der Waals surface area contributed by atoms with Crippen LogP contribution >= 0.6 is 0 Å². The van der Waals surface area contributed by atoms with E-state index >= 15 is 0 Å². The van der Waals surface area contributed by atoms with Gasteiger partial charge in [-0.05, 0) is 30.2 Å². The van der Waals surface area contributed by atoms with Crippen molar-refractivity contribution in [2.24, 2.45) is 5.73 Å². The lowest BCUT2D eigenvalue weighted by Gasteiger charge is -2.08. The first-order valence-corrected chi connectivity index (χ1v) is 6.39. The quantitative estimate of drug-likeness (QED) is 0.746. The van der Waals surface area contributed by atoms with Crippen LogP contribution in [0.2, 0.25) is 0 Å². The fraction of sp³-hybridized carbons (Fsp3) is 0.133. The van der Waals surface area contributed by atoms with Gasteiger partial charge in [-0.25, -0.2) is 9.78 Å². The van der Waals surface area contributed by atoms with Gasteiger partial charge in [0.05, 0.1) is 5.56 Å².